The molecular formula is C23H28N2O2S. The summed E-state index contributed by atoms with van der Waals surface area (Å²) in [6.45, 7) is 5.05. The number of carbonyl (C=O) groups is 1. The number of aromatic nitrogens is 1. The largest absolute Gasteiger partial charge is 0.497 e. The van der Waals surface area contributed by atoms with Crippen LogP contribution in [0.3, 0.4) is 0 Å². The second-order valence-corrected chi connectivity index (χ2v) is 7.99. The quantitative estimate of drug-likeness (QED) is 0.539. The van der Waals surface area contributed by atoms with Crippen molar-refractivity contribution in [1.82, 2.24) is 4.57 Å². The zero-order chi connectivity index (χ0) is 20.1. The SMILES string of the molecule is CCCCc1c(-c2ccc(OC)cc2)c(C(N)=O)c(C)n1CCc1cccs1. The van der Waals surface area contributed by atoms with Crippen molar-refractivity contribution in [3.8, 4) is 16.9 Å². The number of aryl methyl sites for hydroxylation is 1. The number of nitrogens with two attached hydrogens (primary N) is 1. The van der Waals surface area contributed by atoms with Gasteiger partial charge in [-0.25, -0.2) is 0 Å². The highest BCUT2D eigenvalue weighted by molar-refractivity contribution is 7.09. The van der Waals surface area contributed by atoms with Crippen molar-refractivity contribution in [2.24, 2.45) is 5.73 Å². The van der Waals surface area contributed by atoms with Crippen LogP contribution in [0.4, 0.5) is 0 Å². The van der Waals surface area contributed by atoms with E-state index in [0.29, 0.717) is 5.56 Å². The molecule has 0 atom stereocenters. The monoisotopic (exact) mass is 396 g/mol. The summed E-state index contributed by atoms with van der Waals surface area (Å²) in [6.07, 6.45) is 4.05. The molecular weight excluding hydrogens is 368 g/mol. The van der Waals surface area contributed by atoms with Gasteiger partial charge in [-0.3, -0.25) is 4.79 Å². The van der Waals surface area contributed by atoms with Crippen molar-refractivity contribution in [3.63, 3.8) is 0 Å². The minimum absolute atomic E-state index is 0.365. The van der Waals surface area contributed by atoms with Gasteiger partial charge in [0.15, 0.2) is 0 Å². The number of carbonyl (C=O) groups excluding carboxylic acids is 1. The van der Waals surface area contributed by atoms with Gasteiger partial charge in [0.25, 0.3) is 5.91 Å². The Kier molecular flexibility index (Phi) is 6.57. The first-order valence-electron chi connectivity index (χ1n) is 9.75. The van der Waals surface area contributed by atoms with Crippen molar-refractivity contribution in [2.75, 3.05) is 7.11 Å². The fraction of sp³-hybridized carbons (Fsp3) is 0.348. The standard InChI is InChI=1S/C23H28N2O2S/c1-4-5-8-20-22(17-9-11-18(27-3)12-10-17)21(23(24)26)16(2)25(20)14-13-19-7-6-15-28-19/h6-7,9-12,15H,4-5,8,13-14H2,1-3H3,(H2,24,26). The van der Waals surface area contributed by atoms with Crippen molar-refractivity contribution in [3.05, 3.63) is 63.6 Å². The van der Waals surface area contributed by atoms with Crippen LogP contribution in [0.25, 0.3) is 11.1 Å². The number of methoxy groups -OCH3 is 1. The van der Waals surface area contributed by atoms with Gasteiger partial charge in [0.1, 0.15) is 5.75 Å². The molecule has 148 valence electrons. The molecule has 2 aromatic heterocycles. The average Bonchev–Trinajstić information content (AvgIpc) is 3.30. The number of nitrogens with zero attached hydrogens (tertiary/aromatic N) is 1. The summed E-state index contributed by atoms with van der Waals surface area (Å²) in [6, 6.07) is 12.1. The molecule has 0 aliphatic carbocycles. The Morgan fingerprint density at radius 3 is 2.50 bits per heavy atom. The molecule has 0 aliphatic heterocycles. The lowest BCUT2D eigenvalue weighted by Gasteiger charge is -2.13. The van der Waals surface area contributed by atoms with E-state index in [1.807, 2.05) is 31.2 Å². The number of hydrogen-bond acceptors (Lipinski definition) is 3. The van der Waals surface area contributed by atoms with E-state index >= 15 is 0 Å². The van der Waals surface area contributed by atoms with Crippen LogP contribution >= 0.6 is 11.3 Å². The third-order valence-electron chi connectivity index (χ3n) is 5.19. The van der Waals surface area contributed by atoms with E-state index < -0.39 is 0 Å². The zero-order valence-electron chi connectivity index (χ0n) is 16.8. The van der Waals surface area contributed by atoms with Crippen molar-refractivity contribution in [1.29, 1.82) is 0 Å². The van der Waals surface area contributed by atoms with Crippen LogP contribution in [0.5, 0.6) is 5.75 Å². The predicted molar refractivity (Wildman–Crippen MR) is 116 cm³/mol. The summed E-state index contributed by atoms with van der Waals surface area (Å²) in [5, 5.41) is 2.10. The Bertz CT molecular complexity index is 925. The van der Waals surface area contributed by atoms with E-state index in [0.717, 1.165) is 54.8 Å². The molecule has 3 rings (SSSR count). The lowest BCUT2D eigenvalue weighted by molar-refractivity contribution is 0.1000. The molecule has 1 aromatic carbocycles. The fourth-order valence-electron chi connectivity index (χ4n) is 3.75. The molecule has 28 heavy (non-hydrogen) atoms. The third-order valence-corrected chi connectivity index (χ3v) is 6.12. The number of unbranched alkanes of at least 4 members (excludes halogenated alkanes) is 1. The number of rotatable bonds is 9. The Labute approximate surface area is 171 Å². The molecule has 0 saturated heterocycles. The van der Waals surface area contributed by atoms with Gasteiger partial charge in [-0.2, -0.15) is 0 Å². The van der Waals surface area contributed by atoms with Crippen molar-refractivity contribution in [2.45, 2.75) is 46.1 Å². The summed E-state index contributed by atoms with van der Waals surface area (Å²) in [5.41, 5.74) is 10.6. The van der Waals surface area contributed by atoms with Gasteiger partial charge >= 0.3 is 0 Å². The minimum atomic E-state index is -0.365. The third kappa shape index (κ3) is 4.14. The van der Waals surface area contributed by atoms with E-state index in [1.165, 1.54) is 10.6 Å². The van der Waals surface area contributed by atoms with Gasteiger partial charge in [0, 0.05) is 28.4 Å². The van der Waals surface area contributed by atoms with Crippen LogP contribution < -0.4 is 10.5 Å². The van der Waals surface area contributed by atoms with Gasteiger partial charge in [-0.1, -0.05) is 31.5 Å². The highest BCUT2D eigenvalue weighted by Gasteiger charge is 2.24. The summed E-state index contributed by atoms with van der Waals surface area (Å²) in [4.78, 5) is 13.7. The minimum Gasteiger partial charge on any atom is -0.497 e. The van der Waals surface area contributed by atoms with Gasteiger partial charge in [0.2, 0.25) is 0 Å². The molecule has 0 aliphatic rings. The van der Waals surface area contributed by atoms with E-state index in [1.54, 1.807) is 18.4 Å². The van der Waals surface area contributed by atoms with Crippen LogP contribution in [-0.2, 0) is 19.4 Å². The lowest BCUT2D eigenvalue weighted by atomic mass is 9.97. The first-order valence-corrected chi connectivity index (χ1v) is 10.6. The maximum Gasteiger partial charge on any atom is 0.251 e. The van der Waals surface area contributed by atoms with Crippen LogP contribution in [0.15, 0.2) is 41.8 Å². The summed E-state index contributed by atoms with van der Waals surface area (Å²) in [7, 11) is 1.65. The number of ether oxygens (including phenoxy) is 1. The maximum absolute atomic E-state index is 12.4. The molecule has 5 heteroatoms. The fourth-order valence-corrected chi connectivity index (χ4v) is 4.45. The summed E-state index contributed by atoms with van der Waals surface area (Å²) < 4.78 is 7.59. The van der Waals surface area contributed by atoms with Crippen LogP contribution in [0.2, 0.25) is 0 Å². The van der Waals surface area contributed by atoms with Gasteiger partial charge in [-0.05, 0) is 55.3 Å². The molecule has 2 N–H and O–H groups in total. The Morgan fingerprint density at radius 1 is 1.18 bits per heavy atom. The molecule has 0 radical (unpaired) electrons. The van der Waals surface area contributed by atoms with Crippen LogP contribution in [-0.4, -0.2) is 17.6 Å². The Balaban J connectivity index is 2.10. The second kappa shape index (κ2) is 9.11. The van der Waals surface area contributed by atoms with Crippen molar-refractivity contribution < 1.29 is 9.53 Å². The molecule has 0 fully saturated rings. The Morgan fingerprint density at radius 2 is 1.93 bits per heavy atom. The molecule has 0 spiro atoms. The maximum atomic E-state index is 12.4. The molecule has 0 saturated carbocycles. The second-order valence-electron chi connectivity index (χ2n) is 6.96. The predicted octanol–water partition coefficient (Wildman–Crippen LogP) is 5.22. The van der Waals surface area contributed by atoms with Gasteiger partial charge in [0.05, 0.1) is 12.7 Å². The highest BCUT2D eigenvalue weighted by atomic mass is 32.1. The van der Waals surface area contributed by atoms with E-state index in [-0.39, 0.29) is 5.91 Å². The lowest BCUT2D eigenvalue weighted by Crippen LogP contribution is -2.13. The molecule has 4 nitrogen and oxygen atoms in total. The van der Waals surface area contributed by atoms with E-state index in [2.05, 4.69) is 29.0 Å². The summed E-state index contributed by atoms with van der Waals surface area (Å²) in [5.74, 6) is 0.435. The average molecular weight is 397 g/mol. The number of primary amides is 1. The zero-order valence-corrected chi connectivity index (χ0v) is 17.6. The van der Waals surface area contributed by atoms with Crippen LogP contribution in [0, 0.1) is 6.92 Å². The number of hydrogen-bond donors (Lipinski definition) is 1. The first kappa shape index (κ1) is 20.2. The molecule has 0 unspecified atom stereocenters. The highest BCUT2D eigenvalue weighted by Crippen LogP contribution is 2.35. The first-order chi connectivity index (χ1) is 13.6. The Hall–Kier alpha value is -2.53. The number of benzene rings is 1. The normalized spacial score (nSPS) is 11.0. The molecule has 2 heterocycles. The molecule has 3 aromatic rings. The van der Waals surface area contributed by atoms with Gasteiger partial charge < -0.3 is 15.0 Å². The smallest absolute Gasteiger partial charge is 0.251 e. The van der Waals surface area contributed by atoms with E-state index in [9.17, 15) is 4.79 Å². The topological polar surface area (TPSA) is 57.2 Å². The van der Waals surface area contributed by atoms with Gasteiger partial charge in [-0.15, -0.1) is 11.3 Å². The molecule has 1 amide bonds. The number of thiophene rings is 1. The molecule has 0 bridgehead atoms. The van der Waals surface area contributed by atoms with E-state index in [4.69, 9.17) is 10.5 Å². The number of amides is 1. The summed E-state index contributed by atoms with van der Waals surface area (Å²) >= 11 is 1.77. The van der Waals surface area contributed by atoms with Crippen LogP contribution in [0.1, 0.15) is 46.4 Å². The van der Waals surface area contributed by atoms with Crippen molar-refractivity contribution >= 4 is 17.2 Å².